The topological polar surface area (TPSA) is 45.2 Å². The average molecular weight is 337 g/mol. The molecule has 0 aliphatic carbocycles. The highest BCUT2D eigenvalue weighted by Gasteiger charge is 2.33. The number of benzene rings is 2. The molecule has 1 aliphatic heterocycles. The van der Waals surface area contributed by atoms with Crippen LogP contribution in [0.2, 0.25) is 0 Å². The van der Waals surface area contributed by atoms with Crippen molar-refractivity contribution < 1.29 is 4.79 Å². The largest absolute Gasteiger partial charge is 0.350 e. The third-order valence-corrected chi connectivity index (χ3v) is 5.42. The number of carbonyl (C=O) groups is 1. The van der Waals surface area contributed by atoms with E-state index in [0.29, 0.717) is 0 Å². The first-order valence-corrected chi connectivity index (χ1v) is 8.98. The highest BCUT2D eigenvalue weighted by molar-refractivity contribution is 7.22. The minimum absolute atomic E-state index is 0.0895. The number of para-hydroxylation sites is 2. The zero-order valence-corrected chi connectivity index (χ0v) is 14.5. The fourth-order valence-corrected chi connectivity index (χ4v) is 4.24. The van der Waals surface area contributed by atoms with Crippen LogP contribution in [0.4, 0.5) is 10.8 Å². The summed E-state index contributed by atoms with van der Waals surface area (Å²) in [6.45, 7) is 4.00. The number of rotatable bonds is 3. The first-order chi connectivity index (χ1) is 11.6. The van der Waals surface area contributed by atoms with E-state index in [0.717, 1.165) is 27.5 Å². The van der Waals surface area contributed by atoms with Crippen LogP contribution in [-0.4, -0.2) is 23.0 Å². The number of amides is 1. The van der Waals surface area contributed by atoms with E-state index < -0.39 is 0 Å². The van der Waals surface area contributed by atoms with Crippen molar-refractivity contribution in [2.45, 2.75) is 32.4 Å². The standard InChI is InChI=1S/C19H19N3OS/c1-12-11-14-7-3-5-9-16(14)22(12)18(23)13(2)20-19-21-15-8-4-6-10-17(15)24-19/h3-10,12-13H,11H2,1-2H3,(H,20,21). The molecule has 0 bridgehead atoms. The predicted octanol–water partition coefficient (Wildman–Crippen LogP) is 4.07. The SMILES string of the molecule is CC(Nc1nc2ccccc2s1)C(=O)N1c2ccccc2CC1C. The van der Waals surface area contributed by atoms with Gasteiger partial charge in [-0.05, 0) is 44.0 Å². The van der Waals surface area contributed by atoms with E-state index >= 15 is 0 Å². The van der Waals surface area contributed by atoms with Crippen molar-refractivity contribution in [2.75, 3.05) is 10.2 Å². The number of nitrogens with one attached hydrogen (secondary N) is 1. The minimum Gasteiger partial charge on any atom is -0.350 e. The molecule has 0 saturated carbocycles. The maximum Gasteiger partial charge on any atom is 0.249 e. The van der Waals surface area contributed by atoms with Gasteiger partial charge in [-0.2, -0.15) is 0 Å². The molecule has 3 aromatic rings. The zero-order chi connectivity index (χ0) is 16.7. The summed E-state index contributed by atoms with van der Waals surface area (Å²) in [7, 11) is 0. The summed E-state index contributed by atoms with van der Waals surface area (Å²) in [5.74, 6) is 0.0895. The number of hydrogen-bond acceptors (Lipinski definition) is 4. The molecule has 1 aliphatic rings. The highest BCUT2D eigenvalue weighted by atomic mass is 32.1. The Morgan fingerprint density at radius 1 is 1.25 bits per heavy atom. The van der Waals surface area contributed by atoms with Gasteiger partial charge >= 0.3 is 0 Å². The minimum atomic E-state index is -0.320. The molecule has 0 fully saturated rings. The molecule has 5 heteroatoms. The number of thiazole rings is 1. The average Bonchev–Trinajstić information content (AvgIpc) is 3.13. The van der Waals surface area contributed by atoms with Crippen LogP contribution in [0.15, 0.2) is 48.5 Å². The molecule has 4 rings (SSSR count). The quantitative estimate of drug-likeness (QED) is 0.783. The molecule has 0 spiro atoms. The molecule has 0 saturated heterocycles. The van der Waals surface area contributed by atoms with Gasteiger partial charge in [-0.25, -0.2) is 4.98 Å². The molecule has 2 aromatic carbocycles. The van der Waals surface area contributed by atoms with E-state index in [1.165, 1.54) is 5.56 Å². The highest BCUT2D eigenvalue weighted by Crippen LogP contribution is 2.33. The molecule has 2 unspecified atom stereocenters. The first-order valence-electron chi connectivity index (χ1n) is 8.16. The molecule has 0 radical (unpaired) electrons. The van der Waals surface area contributed by atoms with Gasteiger partial charge in [0, 0.05) is 11.7 Å². The van der Waals surface area contributed by atoms with Gasteiger partial charge in [0.2, 0.25) is 5.91 Å². The molecule has 4 nitrogen and oxygen atoms in total. The maximum atomic E-state index is 13.0. The van der Waals surface area contributed by atoms with Crippen LogP contribution in [0.25, 0.3) is 10.2 Å². The third-order valence-electron chi connectivity index (χ3n) is 4.45. The fraction of sp³-hybridized carbons (Fsp3) is 0.263. The second kappa shape index (κ2) is 5.91. The second-order valence-corrected chi connectivity index (χ2v) is 7.27. The molecule has 1 aromatic heterocycles. The van der Waals surface area contributed by atoms with E-state index in [9.17, 15) is 4.79 Å². The lowest BCUT2D eigenvalue weighted by atomic mass is 10.1. The molecular formula is C19H19N3OS. The summed E-state index contributed by atoms with van der Waals surface area (Å²) >= 11 is 1.58. The van der Waals surface area contributed by atoms with Gasteiger partial charge < -0.3 is 10.2 Å². The predicted molar refractivity (Wildman–Crippen MR) is 99.8 cm³/mol. The van der Waals surface area contributed by atoms with Crippen LogP contribution in [0.3, 0.4) is 0 Å². The van der Waals surface area contributed by atoms with Crippen molar-refractivity contribution in [2.24, 2.45) is 0 Å². The van der Waals surface area contributed by atoms with Crippen molar-refractivity contribution in [3.63, 3.8) is 0 Å². The number of aromatic nitrogens is 1. The van der Waals surface area contributed by atoms with Gasteiger partial charge in [0.15, 0.2) is 5.13 Å². The van der Waals surface area contributed by atoms with Gasteiger partial charge in [-0.15, -0.1) is 0 Å². The van der Waals surface area contributed by atoms with E-state index in [4.69, 9.17) is 0 Å². The summed E-state index contributed by atoms with van der Waals surface area (Å²) < 4.78 is 1.12. The summed E-state index contributed by atoms with van der Waals surface area (Å²) in [5, 5.41) is 4.06. The van der Waals surface area contributed by atoms with Gasteiger partial charge in [-0.1, -0.05) is 41.7 Å². The number of hydrogen-bond donors (Lipinski definition) is 1. The molecule has 1 amide bonds. The monoisotopic (exact) mass is 337 g/mol. The van der Waals surface area contributed by atoms with Gasteiger partial charge in [0.1, 0.15) is 6.04 Å². The smallest absolute Gasteiger partial charge is 0.249 e. The van der Waals surface area contributed by atoms with Crippen molar-refractivity contribution in [3.05, 3.63) is 54.1 Å². The molecule has 2 heterocycles. The van der Waals surface area contributed by atoms with Crippen LogP contribution < -0.4 is 10.2 Å². The molecule has 24 heavy (non-hydrogen) atoms. The van der Waals surface area contributed by atoms with Crippen LogP contribution in [0.5, 0.6) is 0 Å². The second-order valence-electron chi connectivity index (χ2n) is 6.24. The molecule has 2 atom stereocenters. The summed E-state index contributed by atoms with van der Waals surface area (Å²) in [5.41, 5.74) is 3.24. The van der Waals surface area contributed by atoms with Crippen LogP contribution >= 0.6 is 11.3 Å². The Hall–Kier alpha value is -2.40. The molecule has 122 valence electrons. The van der Waals surface area contributed by atoms with Gasteiger partial charge in [0.05, 0.1) is 10.2 Å². The Labute approximate surface area is 145 Å². The molecule has 1 N–H and O–H groups in total. The lowest BCUT2D eigenvalue weighted by Gasteiger charge is -2.26. The maximum absolute atomic E-state index is 13.0. The van der Waals surface area contributed by atoms with Crippen molar-refractivity contribution >= 4 is 38.3 Å². The number of nitrogens with zero attached hydrogens (tertiary/aromatic N) is 2. The number of anilines is 2. The Morgan fingerprint density at radius 2 is 2.00 bits per heavy atom. The lowest BCUT2D eigenvalue weighted by Crippen LogP contribution is -2.44. The van der Waals surface area contributed by atoms with Crippen LogP contribution in [-0.2, 0) is 11.2 Å². The van der Waals surface area contributed by atoms with Gasteiger partial charge in [0.25, 0.3) is 0 Å². The Balaban J connectivity index is 1.56. The zero-order valence-electron chi connectivity index (χ0n) is 13.7. The summed E-state index contributed by atoms with van der Waals surface area (Å²) in [6, 6.07) is 16.0. The Bertz CT molecular complexity index is 871. The third kappa shape index (κ3) is 2.55. The van der Waals surface area contributed by atoms with Crippen molar-refractivity contribution in [3.8, 4) is 0 Å². The normalized spacial score (nSPS) is 17.8. The van der Waals surface area contributed by atoms with Crippen LogP contribution in [0, 0.1) is 0 Å². The van der Waals surface area contributed by atoms with E-state index in [2.05, 4.69) is 23.3 Å². The van der Waals surface area contributed by atoms with Crippen LogP contribution in [0.1, 0.15) is 19.4 Å². The van der Waals surface area contributed by atoms with Crippen molar-refractivity contribution in [1.82, 2.24) is 4.98 Å². The van der Waals surface area contributed by atoms with E-state index in [1.54, 1.807) is 11.3 Å². The van der Waals surface area contributed by atoms with Crippen molar-refractivity contribution in [1.29, 1.82) is 0 Å². The van der Waals surface area contributed by atoms with E-state index in [1.807, 2.05) is 54.3 Å². The van der Waals surface area contributed by atoms with Gasteiger partial charge in [-0.3, -0.25) is 4.79 Å². The first kappa shape index (κ1) is 15.1. The number of carbonyl (C=O) groups excluding carboxylic acids is 1. The Morgan fingerprint density at radius 3 is 2.83 bits per heavy atom. The Kier molecular flexibility index (Phi) is 3.73. The van der Waals surface area contributed by atoms with E-state index in [-0.39, 0.29) is 18.0 Å². The lowest BCUT2D eigenvalue weighted by molar-refractivity contribution is -0.119. The number of fused-ring (bicyclic) bond motifs is 2. The fourth-order valence-electron chi connectivity index (χ4n) is 3.29. The summed E-state index contributed by atoms with van der Waals surface area (Å²) in [4.78, 5) is 19.5. The molecular weight excluding hydrogens is 318 g/mol. The summed E-state index contributed by atoms with van der Waals surface area (Å²) in [6.07, 6.45) is 0.912.